The van der Waals surface area contributed by atoms with Crippen molar-refractivity contribution in [1.29, 1.82) is 0 Å². The van der Waals surface area contributed by atoms with E-state index in [2.05, 4.69) is 9.88 Å². The van der Waals surface area contributed by atoms with Crippen molar-refractivity contribution in [2.24, 2.45) is 0 Å². The Kier molecular flexibility index (Phi) is 6.46. The molecule has 0 bridgehead atoms. The van der Waals surface area contributed by atoms with Gasteiger partial charge in [0.2, 0.25) is 0 Å². The lowest BCUT2D eigenvalue weighted by Gasteiger charge is -2.36. The average molecular weight is 308 g/mol. The SMILES string of the molecule is CC.CC(C)(C)OC(=O)N1CCN(c2ccc(N)nc2)CC1. The van der Waals surface area contributed by atoms with E-state index in [1.54, 1.807) is 17.2 Å². The molecule has 1 fully saturated rings. The summed E-state index contributed by atoms with van der Waals surface area (Å²) in [5.74, 6) is 0.515. The van der Waals surface area contributed by atoms with Gasteiger partial charge in [-0.25, -0.2) is 9.78 Å². The molecule has 1 aliphatic rings. The molecule has 2 N–H and O–H groups in total. The van der Waals surface area contributed by atoms with Gasteiger partial charge in [0.05, 0.1) is 11.9 Å². The highest BCUT2D eigenvalue weighted by Gasteiger charge is 2.25. The summed E-state index contributed by atoms with van der Waals surface area (Å²) in [6.45, 7) is 12.5. The smallest absolute Gasteiger partial charge is 0.410 e. The fourth-order valence-corrected chi connectivity index (χ4v) is 2.06. The minimum atomic E-state index is -0.449. The summed E-state index contributed by atoms with van der Waals surface area (Å²) in [5.41, 5.74) is 6.16. The summed E-state index contributed by atoms with van der Waals surface area (Å²) in [4.78, 5) is 20.0. The number of amides is 1. The maximum Gasteiger partial charge on any atom is 0.410 e. The number of piperazine rings is 1. The molecule has 1 aliphatic heterocycles. The predicted molar refractivity (Wildman–Crippen MR) is 90.0 cm³/mol. The normalized spacial score (nSPS) is 15.0. The number of nitrogens with two attached hydrogens (primary N) is 1. The van der Waals surface area contributed by atoms with Gasteiger partial charge in [0, 0.05) is 26.2 Å². The molecule has 1 aromatic heterocycles. The Hall–Kier alpha value is -1.98. The Morgan fingerprint density at radius 1 is 1.18 bits per heavy atom. The number of hydrogen-bond acceptors (Lipinski definition) is 5. The molecule has 0 spiro atoms. The molecule has 6 heteroatoms. The monoisotopic (exact) mass is 308 g/mol. The molecule has 0 aliphatic carbocycles. The minimum Gasteiger partial charge on any atom is -0.444 e. The lowest BCUT2D eigenvalue weighted by Crippen LogP contribution is -2.50. The van der Waals surface area contributed by atoms with Crippen molar-refractivity contribution in [2.75, 3.05) is 36.8 Å². The van der Waals surface area contributed by atoms with Gasteiger partial charge in [-0.3, -0.25) is 0 Å². The molecule has 1 amide bonds. The first-order valence-electron chi connectivity index (χ1n) is 7.79. The standard InChI is InChI=1S/C14H22N4O2.C2H6/c1-14(2,3)20-13(19)18-8-6-17(7-9-18)11-4-5-12(15)16-10-11;1-2/h4-5,10H,6-9H2,1-3H3,(H2,15,16);1-2H3. The van der Waals surface area contributed by atoms with Crippen LogP contribution < -0.4 is 10.6 Å². The number of rotatable bonds is 1. The van der Waals surface area contributed by atoms with Gasteiger partial charge in [0.15, 0.2) is 0 Å². The number of carbonyl (C=O) groups is 1. The molecule has 6 nitrogen and oxygen atoms in total. The van der Waals surface area contributed by atoms with Crippen LogP contribution in [-0.2, 0) is 4.74 Å². The van der Waals surface area contributed by atoms with E-state index >= 15 is 0 Å². The molecule has 124 valence electrons. The maximum atomic E-state index is 12.0. The van der Waals surface area contributed by atoms with E-state index < -0.39 is 5.60 Å². The highest BCUT2D eigenvalue weighted by Crippen LogP contribution is 2.17. The highest BCUT2D eigenvalue weighted by atomic mass is 16.6. The van der Waals surface area contributed by atoms with Gasteiger partial charge < -0.3 is 20.3 Å². The van der Waals surface area contributed by atoms with Gasteiger partial charge in [0.1, 0.15) is 11.4 Å². The summed E-state index contributed by atoms with van der Waals surface area (Å²) < 4.78 is 5.37. The zero-order valence-corrected chi connectivity index (χ0v) is 14.3. The molecule has 22 heavy (non-hydrogen) atoms. The van der Waals surface area contributed by atoms with Crippen LogP contribution in [0.5, 0.6) is 0 Å². The lowest BCUT2D eigenvalue weighted by molar-refractivity contribution is 0.0240. The largest absolute Gasteiger partial charge is 0.444 e. The van der Waals surface area contributed by atoms with E-state index in [0.29, 0.717) is 18.9 Å². The van der Waals surface area contributed by atoms with Crippen LogP contribution in [0.4, 0.5) is 16.3 Å². The molecule has 1 saturated heterocycles. The van der Waals surface area contributed by atoms with Crippen LogP contribution in [0.15, 0.2) is 18.3 Å². The van der Waals surface area contributed by atoms with Gasteiger partial charge in [-0.15, -0.1) is 0 Å². The number of nitrogen functional groups attached to an aromatic ring is 1. The van der Waals surface area contributed by atoms with Crippen molar-refractivity contribution in [3.63, 3.8) is 0 Å². The van der Waals surface area contributed by atoms with Crippen LogP contribution in [0.1, 0.15) is 34.6 Å². The van der Waals surface area contributed by atoms with E-state index in [-0.39, 0.29) is 6.09 Å². The molecule has 1 aromatic rings. The van der Waals surface area contributed by atoms with Gasteiger partial charge in [-0.2, -0.15) is 0 Å². The van der Waals surface area contributed by atoms with E-state index in [1.165, 1.54) is 0 Å². The van der Waals surface area contributed by atoms with Gasteiger partial charge in [-0.05, 0) is 32.9 Å². The number of aromatic nitrogens is 1. The summed E-state index contributed by atoms with van der Waals surface area (Å²) in [6, 6.07) is 3.74. The van der Waals surface area contributed by atoms with Crippen LogP contribution in [0, 0.1) is 0 Å². The number of nitrogens with zero attached hydrogens (tertiary/aromatic N) is 3. The molecule has 2 rings (SSSR count). The molecule has 2 heterocycles. The number of anilines is 2. The third-order valence-electron chi connectivity index (χ3n) is 3.07. The second-order valence-corrected chi connectivity index (χ2v) is 5.90. The van der Waals surface area contributed by atoms with E-state index in [9.17, 15) is 4.79 Å². The number of carbonyl (C=O) groups excluding carboxylic acids is 1. The Balaban J connectivity index is 0.00000116. The van der Waals surface area contributed by atoms with E-state index in [4.69, 9.17) is 10.5 Å². The lowest BCUT2D eigenvalue weighted by atomic mass is 10.2. The van der Waals surface area contributed by atoms with Crippen molar-refractivity contribution < 1.29 is 9.53 Å². The molecule has 0 aromatic carbocycles. The van der Waals surface area contributed by atoms with Crippen molar-refractivity contribution >= 4 is 17.6 Å². The van der Waals surface area contributed by atoms with E-state index in [0.717, 1.165) is 18.8 Å². The molecule has 0 radical (unpaired) electrons. The number of pyridine rings is 1. The Bertz CT molecular complexity index is 460. The summed E-state index contributed by atoms with van der Waals surface area (Å²) in [6.07, 6.45) is 1.52. The van der Waals surface area contributed by atoms with Crippen molar-refractivity contribution in [3.05, 3.63) is 18.3 Å². The first-order valence-corrected chi connectivity index (χ1v) is 7.79. The van der Waals surface area contributed by atoms with Crippen LogP contribution in [0.25, 0.3) is 0 Å². The summed E-state index contributed by atoms with van der Waals surface area (Å²) >= 11 is 0. The zero-order valence-electron chi connectivity index (χ0n) is 14.3. The fraction of sp³-hybridized carbons (Fsp3) is 0.625. The molecular weight excluding hydrogens is 280 g/mol. The summed E-state index contributed by atoms with van der Waals surface area (Å²) in [5, 5.41) is 0. The zero-order chi connectivity index (χ0) is 16.8. The average Bonchev–Trinajstić information content (AvgIpc) is 2.48. The van der Waals surface area contributed by atoms with Crippen LogP contribution in [0.3, 0.4) is 0 Å². The minimum absolute atomic E-state index is 0.243. The molecule has 0 unspecified atom stereocenters. The first-order chi connectivity index (χ1) is 10.3. The Labute approximate surface area is 133 Å². The van der Waals surface area contributed by atoms with Gasteiger partial charge in [0.25, 0.3) is 0 Å². The molecule has 0 saturated carbocycles. The second kappa shape index (κ2) is 7.87. The fourth-order valence-electron chi connectivity index (χ4n) is 2.06. The number of ether oxygens (including phenoxy) is 1. The second-order valence-electron chi connectivity index (χ2n) is 5.90. The van der Waals surface area contributed by atoms with Crippen molar-refractivity contribution in [2.45, 2.75) is 40.2 Å². The summed E-state index contributed by atoms with van der Waals surface area (Å²) in [7, 11) is 0. The van der Waals surface area contributed by atoms with Crippen LogP contribution in [0.2, 0.25) is 0 Å². The van der Waals surface area contributed by atoms with Gasteiger partial charge in [-0.1, -0.05) is 13.8 Å². The van der Waals surface area contributed by atoms with Crippen LogP contribution >= 0.6 is 0 Å². The predicted octanol–water partition coefficient (Wildman–Crippen LogP) is 2.75. The first kappa shape index (κ1) is 18.1. The van der Waals surface area contributed by atoms with Crippen molar-refractivity contribution in [1.82, 2.24) is 9.88 Å². The highest BCUT2D eigenvalue weighted by molar-refractivity contribution is 5.68. The quantitative estimate of drug-likeness (QED) is 0.863. The third kappa shape index (κ3) is 5.42. The maximum absolute atomic E-state index is 12.0. The van der Waals surface area contributed by atoms with E-state index in [1.807, 2.05) is 40.7 Å². The molecular formula is C16H28N4O2. The Morgan fingerprint density at radius 3 is 2.23 bits per heavy atom. The van der Waals surface area contributed by atoms with Crippen LogP contribution in [-0.4, -0.2) is 47.8 Å². The third-order valence-corrected chi connectivity index (χ3v) is 3.07. The van der Waals surface area contributed by atoms with Crippen molar-refractivity contribution in [3.8, 4) is 0 Å². The Morgan fingerprint density at radius 2 is 1.77 bits per heavy atom. The topological polar surface area (TPSA) is 71.7 Å². The molecule has 0 atom stereocenters. The van der Waals surface area contributed by atoms with Gasteiger partial charge >= 0.3 is 6.09 Å². The number of hydrogen-bond donors (Lipinski definition) is 1.